The van der Waals surface area contributed by atoms with Crippen LogP contribution in [0.4, 0.5) is 8.78 Å². The summed E-state index contributed by atoms with van der Waals surface area (Å²) in [5.41, 5.74) is 1.85. The van der Waals surface area contributed by atoms with E-state index in [0.717, 1.165) is 17.7 Å². The molecular weight excluding hydrogens is 300 g/mol. The Morgan fingerprint density at radius 3 is 2.65 bits per heavy atom. The second-order valence-electron chi connectivity index (χ2n) is 5.61. The van der Waals surface area contributed by atoms with Crippen molar-refractivity contribution < 1.29 is 18.3 Å². The van der Waals surface area contributed by atoms with E-state index in [2.05, 4.69) is 4.90 Å². The third-order valence-corrected chi connectivity index (χ3v) is 4.01. The van der Waals surface area contributed by atoms with Crippen molar-refractivity contribution in [3.63, 3.8) is 0 Å². The van der Waals surface area contributed by atoms with Crippen molar-refractivity contribution >= 4 is 0 Å². The zero-order valence-electron chi connectivity index (χ0n) is 13.0. The SMILES string of the molecule is COc1ccc(CN2CCOC(c3ccc(F)cc3)C2)cc1F. The highest BCUT2D eigenvalue weighted by atomic mass is 19.1. The normalized spacial score (nSPS) is 18.8. The maximum Gasteiger partial charge on any atom is 0.165 e. The van der Waals surface area contributed by atoms with Crippen LogP contribution in [0.2, 0.25) is 0 Å². The molecule has 1 unspecified atom stereocenters. The summed E-state index contributed by atoms with van der Waals surface area (Å²) >= 11 is 0. The third kappa shape index (κ3) is 3.86. The fraction of sp³-hybridized carbons (Fsp3) is 0.333. The highest BCUT2D eigenvalue weighted by molar-refractivity contribution is 5.29. The molecule has 1 heterocycles. The van der Waals surface area contributed by atoms with E-state index in [0.29, 0.717) is 19.7 Å². The molecule has 0 amide bonds. The molecule has 3 nitrogen and oxygen atoms in total. The zero-order chi connectivity index (χ0) is 16.2. The lowest BCUT2D eigenvalue weighted by molar-refractivity contribution is -0.0329. The Kier molecular flexibility index (Phi) is 4.88. The number of rotatable bonds is 4. The summed E-state index contributed by atoms with van der Waals surface area (Å²) in [6.07, 6.45) is -0.0903. The van der Waals surface area contributed by atoms with E-state index in [1.54, 1.807) is 18.2 Å². The van der Waals surface area contributed by atoms with Crippen LogP contribution in [-0.2, 0) is 11.3 Å². The average Bonchev–Trinajstić information content (AvgIpc) is 2.56. The molecule has 0 spiro atoms. The molecule has 0 N–H and O–H groups in total. The van der Waals surface area contributed by atoms with E-state index < -0.39 is 0 Å². The molecule has 2 aromatic rings. The Labute approximate surface area is 134 Å². The number of hydrogen-bond acceptors (Lipinski definition) is 3. The van der Waals surface area contributed by atoms with Gasteiger partial charge in [-0.15, -0.1) is 0 Å². The monoisotopic (exact) mass is 319 g/mol. The van der Waals surface area contributed by atoms with Gasteiger partial charge >= 0.3 is 0 Å². The Hall–Kier alpha value is -1.98. The van der Waals surface area contributed by atoms with Crippen LogP contribution in [0, 0.1) is 11.6 Å². The molecule has 3 rings (SSSR count). The summed E-state index contributed by atoms with van der Waals surface area (Å²) < 4.78 is 37.5. The fourth-order valence-electron chi connectivity index (χ4n) is 2.79. The van der Waals surface area contributed by atoms with Gasteiger partial charge in [-0.25, -0.2) is 8.78 Å². The second-order valence-corrected chi connectivity index (χ2v) is 5.61. The summed E-state index contributed by atoms with van der Waals surface area (Å²) in [5.74, 6) is -0.358. The molecule has 5 heteroatoms. The Balaban J connectivity index is 1.66. The topological polar surface area (TPSA) is 21.7 Å². The first-order valence-corrected chi connectivity index (χ1v) is 7.57. The predicted molar refractivity (Wildman–Crippen MR) is 83.3 cm³/mol. The number of methoxy groups -OCH3 is 1. The number of benzene rings is 2. The van der Waals surface area contributed by atoms with Gasteiger partial charge in [0.1, 0.15) is 5.82 Å². The molecule has 0 radical (unpaired) electrons. The number of morpholine rings is 1. The summed E-state index contributed by atoms with van der Waals surface area (Å²) in [7, 11) is 1.45. The number of halogens is 2. The van der Waals surface area contributed by atoms with Crippen molar-refractivity contribution in [2.45, 2.75) is 12.6 Å². The first-order valence-electron chi connectivity index (χ1n) is 7.57. The van der Waals surface area contributed by atoms with E-state index in [9.17, 15) is 8.78 Å². The van der Waals surface area contributed by atoms with Crippen LogP contribution in [0.1, 0.15) is 17.2 Å². The van der Waals surface area contributed by atoms with E-state index >= 15 is 0 Å². The number of hydrogen-bond donors (Lipinski definition) is 0. The predicted octanol–water partition coefficient (Wildman–Crippen LogP) is 3.55. The van der Waals surface area contributed by atoms with Gasteiger partial charge in [-0.3, -0.25) is 4.90 Å². The van der Waals surface area contributed by atoms with Crippen molar-refractivity contribution in [2.75, 3.05) is 26.8 Å². The first-order chi connectivity index (χ1) is 11.2. The molecule has 0 bridgehead atoms. The van der Waals surface area contributed by atoms with E-state index in [1.807, 2.05) is 6.07 Å². The number of ether oxygens (including phenoxy) is 2. The van der Waals surface area contributed by atoms with Gasteiger partial charge in [-0.2, -0.15) is 0 Å². The molecule has 1 aliphatic heterocycles. The second kappa shape index (κ2) is 7.06. The molecule has 23 heavy (non-hydrogen) atoms. The molecule has 122 valence electrons. The lowest BCUT2D eigenvalue weighted by atomic mass is 10.1. The van der Waals surface area contributed by atoms with E-state index in [-0.39, 0.29) is 23.5 Å². The molecule has 0 aliphatic carbocycles. The highest BCUT2D eigenvalue weighted by Crippen LogP contribution is 2.24. The van der Waals surface area contributed by atoms with Crippen LogP contribution in [0.3, 0.4) is 0 Å². The minimum absolute atomic E-state index is 0.0903. The molecule has 1 aliphatic rings. The lowest BCUT2D eigenvalue weighted by Crippen LogP contribution is -2.37. The maximum atomic E-state index is 13.8. The van der Waals surface area contributed by atoms with Crippen molar-refractivity contribution in [2.24, 2.45) is 0 Å². The van der Waals surface area contributed by atoms with Gasteiger partial charge in [-0.1, -0.05) is 18.2 Å². The van der Waals surface area contributed by atoms with Crippen LogP contribution in [0.5, 0.6) is 5.75 Å². The standard InChI is InChI=1S/C18H19F2NO2/c1-22-17-7-2-13(10-16(17)20)11-21-8-9-23-18(12-21)14-3-5-15(19)6-4-14/h2-7,10,18H,8-9,11-12H2,1H3. The molecule has 0 saturated carbocycles. The summed E-state index contributed by atoms with van der Waals surface area (Å²) in [5, 5.41) is 0. The summed E-state index contributed by atoms with van der Waals surface area (Å²) in [6.45, 7) is 2.72. The Bertz CT molecular complexity index is 661. The fourth-order valence-corrected chi connectivity index (χ4v) is 2.79. The molecular formula is C18H19F2NO2. The largest absolute Gasteiger partial charge is 0.494 e. The molecule has 1 fully saturated rings. The molecule has 2 aromatic carbocycles. The van der Waals surface area contributed by atoms with Gasteiger partial charge in [0.25, 0.3) is 0 Å². The minimum Gasteiger partial charge on any atom is -0.494 e. The smallest absolute Gasteiger partial charge is 0.165 e. The van der Waals surface area contributed by atoms with Crippen molar-refractivity contribution in [1.82, 2.24) is 4.90 Å². The summed E-state index contributed by atoms with van der Waals surface area (Å²) in [6, 6.07) is 11.4. The molecule has 0 aromatic heterocycles. The van der Waals surface area contributed by atoms with Gasteiger partial charge in [0.15, 0.2) is 11.6 Å². The van der Waals surface area contributed by atoms with Gasteiger partial charge < -0.3 is 9.47 Å². The Morgan fingerprint density at radius 1 is 1.17 bits per heavy atom. The first kappa shape index (κ1) is 15.9. The van der Waals surface area contributed by atoms with Crippen LogP contribution < -0.4 is 4.74 Å². The third-order valence-electron chi connectivity index (χ3n) is 4.01. The van der Waals surface area contributed by atoms with Crippen molar-refractivity contribution in [3.8, 4) is 5.75 Å². The highest BCUT2D eigenvalue weighted by Gasteiger charge is 2.22. The molecule has 1 atom stereocenters. The van der Waals surface area contributed by atoms with Gasteiger partial charge in [0, 0.05) is 19.6 Å². The van der Waals surface area contributed by atoms with Gasteiger partial charge in [0.2, 0.25) is 0 Å². The maximum absolute atomic E-state index is 13.8. The quantitative estimate of drug-likeness (QED) is 0.860. The zero-order valence-corrected chi connectivity index (χ0v) is 13.0. The number of nitrogens with zero attached hydrogens (tertiary/aromatic N) is 1. The Morgan fingerprint density at radius 2 is 1.96 bits per heavy atom. The summed E-state index contributed by atoms with van der Waals surface area (Å²) in [4.78, 5) is 2.21. The van der Waals surface area contributed by atoms with Crippen molar-refractivity contribution in [3.05, 3.63) is 65.2 Å². The van der Waals surface area contributed by atoms with Crippen LogP contribution >= 0.6 is 0 Å². The minimum atomic E-state index is -0.353. The van der Waals surface area contributed by atoms with Crippen molar-refractivity contribution in [1.29, 1.82) is 0 Å². The van der Waals surface area contributed by atoms with Crippen LogP contribution in [0.15, 0.2) is 42.5 Å². The molecule has 1 saturated heterocycles. The van der Waals surface area contributed by atoms with Crippen LogP contribution in [-0.4, -0.2) is 31.7 Å². The van der Waals surface area contributed by atoms with Gasteiger partial charge in [-0.05, 0) is 35.4 Å². The van der Waals surface area contributed by atoms with E-state index in [4.69, 9.17) is 9.47 Å². The average molecular weight is 319 g/mol. The van der Waals surface area contributed by atoms with Gasteiger partial charge in [0.05, 0.1) is 19.8 Å². The van der Waals surface area contributed by atoms with E-state index in [1.165, 1.54) is 25.3 Å². The van der Waals surface area contributed by atoms with Crippen LogP contribution in [0.25, 0.3) is 0 Å². The lowest BCUT2D eigenvalue weighted by Gasteiger charge is -2.33.